The van der Waals surface area contributed by atoms with E-state index in [1.54, 1.807) is 11.3 Å². The van der Waals surface area contributed by atoms with E-state index in [2.05, 4.69) is 63.5 Å². The van der Waals surface area contributed by atoms with Gasteiger partial charge in [-0.25, -0.2) is 14.8 Å². The van der Waals surface area contributed by atoms with E-state index in [4.69, 9.17) is 4.98 Å². The summed E-state index contributed by atoms with van der Waals surface area (Å²) in [7, 11) is 0. The minimum atomic E-state index is -0.896. The number of aromatic nitrogens is 4. The monoisotopic (exact) mass is 552 g/mol. The summed E-state index contributed by atoms with van der Waals surface area (Å²) in [5, 5.41) is 9.51. The molecule has 2 fully saturated rings. The van der Waals surface area contributed by atoms with E-state index in [1.807, 2.05) is 17.2 Å². The lowest BCUT2D eigenvalue weighted by Gasteiger charge is -2.19. The molecule has 9 nitrogen and oxygen atoms in total. The van der Waals surface area contributed by atoms with E-state index >= 15 is 0 Å². The molecule has 2 aliphatic rings. The first-order valence-electron chi connectivity index (χ1n) is 13.5. The number of imidazole rings is 2. The lowest BCUT2D eigenvalue weighted by atomic mass is 10.1. The molecule has 202 valence electrons. The third kappa shape index (κ3) is 4.34. The van der Waals surface area contributed by atoms with Crippen LogP contribution in [-0.2, 0) is 4.79 Å². The van der Waals surface area contributed by atoms with Gasteiger partial charge in [0.2, 0.25) is 6.41 Å². The number of nitrogens with zero attached hydrogens (tertiary/aromatic N) is 4. The van der Waals surface area contributed by atoms with Crippen LogP contribution in [0.3, 0.4) is 0 Å². The summed E-state index contributed by atoms with van der Waals surface area (Å²) in [6.07, 6.45) is 5.43. The SMILES string of the molecule is O=CN1CCCC1c1ncc(-c2ccc(-c3ccc(-c4ccc5nc(C6CCCN6C(=O)O)[nH]c5c4)s3)cc2)[nH]1. The lowest BCUT2D eigenvalue weighted by molar-refractivity contribution is -0.119. The van der Waals surface area contributed by atoms with Gasteiger partial charge in [0, 0.05) is 22.8 Å². The van der Waals surface area contributed by atoms with Crippen molar-refractivity contribution >= 4 is 34.9 Å². The van der Waals surface area contributed by atoms with Gasteiger partial charge in [0.15, 0.2) is 0 Å². The Labute approximate surface area is 234 Å². The van der Waals surface area contributed by atoms with E-state index in [0.717, 1.165) is 82.8 Å². The average molecular weight is 553 g/mol. The molecule has 2 amide bonds. The minimum absolute atomic E-state index is 0.0322. The Morgan fingerprint density at radius 1 is 0.900 bits per heavy atom. The maximum atomic E-state index is 11.6. The van der Waals surface area contributed by atoms with Crippen molar-refractivity contribution in [3.63, 3.8) is 0 Å². The van der Waals surface area contributed by atoms with Crippen LogP contribution >= 0.6 is 11.3 Å². The zero-order chi connectivity index (χ0) is 27.2. The van der Waals surface area contributed by atoms with Crippen molar-refractivity contribution in [1.29, 1.82) is 0 Å². The second-order valence-corrected chi connectivity index (χ2v) is 11.5. The number of nitrogens with one attached hydrogen (secondary N) is 2. The largest absolute Gasteiger partial charge is 0.465 e. The van der Waals surface area contributed by atoms with Gasteiger partial charge in [0.25, 0.3) is 0 Å². The van der Waals surface area contributed by atoms with E-state index in [-0.39, 0.29) is 12.1 Å². The molecule has 2 aromatic carbocycles. The van der Waals surface area contributed by atoms with Crippen molar-refractivity contribution in [2.75, 3.05) is 13.1 Å². The van der Waals surface area contributed by atoms with Crippen LogP contribution in [0.4, 0.5) is 4.79 Å². The molecule has 10 heteroatoms. The van der Waals surface area contributed by atoms with Crippen LogP contribution in [0, 0.1) is 0 Å². The van der Waals surface area contributed by atoms with Gasteiger partial charge in [0.1, 0.15) is 11.6 Å². The molecule has 3 N–H and O–H groups in total. The summed E-state index contributed by atoms with van der Waals surface area (Å²) in [5.41, 5.74) is 6.00. The Balaban J connectivity index is 1.09. The molecule has 2 saturated heterocycles. The Morgan fingerprint density at radius 3 is 2.42 bits per heavy atom. The summed E-state index contributed by atoms with van der Waals surface area (Å²) in [4.78, 5) is 44.6. The summed E-state index contributed by atoms with van der Waals surface area (Å²) in [6, 6.07) is 18.7. The highest BCUT2D eigenvalue weighted by atomic mass is 32.1. The molecule has 7 rings (SSSR count). The first-order valence-corrected chi connectivity index (χ1v) is 14.4. The standard InChI is InChI=1S/C30H28N6O3S/c37-17-35-13-1-3-24(35)28-31-16-23(34-28)18-5-7-19(8-6-18)26-11-12-27(40-26)20-9-10-21-22(15-20)33-29(32-21)25-4-2-14-36(25)30(38)39/h5-12,15-17,24-25H,1-4,13-14H2,(H,31,34)(H,32,33)(H,38,39). The van der Waals surface area contributed by atoms with E-state index in [9.17, 15) is 14.7 Å². The van der Waals surface area contributed by atoms with Gasteiger partial charge in [-0.3, -0.25) is 9.69 Å². The number of thiophene rings is 1. The number of amides is 2. The fourth-order valence-electron chi connectivity index (χ4n) is 5.94. The second kappa shape index (κ2) is 9.95. The fraction of sp³-hybridized carbons (Fsp3) is 0.267. The maximum absolute atomic E-state index is 11.6. The van der Waals surface area contributed by atoms with Crippen molar-refractivity contribution in [2.24, 2.45) is 0 Å². The number of carbonyl (C=O) groups is 2. The number of carboxylic acid groups (broad SMARTS) is 1. The molecular weight excluding hydrogens is 524 g/mol. The predicted molar refractivity (Wildman–Crippen MR) is 154 cm³/mol. The number of hydrogen-bond donors (Lipinski definition) is 3. The van der Waals surface area contributed by atoms with Crippen LogP contribution in [0.5, 0.6) is 0 Å². The molecular formula is C30H28N6O3S. The van der Waals surface area contributed by atoms with Gasteiger partial charge >= 0.3 is 6.09 Å². The highest BCUT2D eigenvalue weighted by molar-refractivity contribution is 7.18. The third-order valence-corrected chi connectivity index (χ3v) is 9.21. The van der Waals surface area contributed by atoms with Gasteiger partial charge in [0.05, 0.1) is 35.0 Å². The summed E-state index contributed by atoms with van der Waals surface area (Å²) in [6.45, 7) is 1.33. The zero-order valence-corrected chi connectivity index (χ0v) is 22.5. The lowest BCUT2D eigenvalue weighted by Crippen LogP contribution is -2.29. The zero-order valence-electron chi connectivity index (χ0n) is 21.7. The Morgan fingerprint density at radius 2 is 1.62 bits per heavy atom. The van der Waals surface area contributed by atoms with Gasteiger partial charge < -0.3 is 20.0 Å². The van der Waals surface area contributed by atoms with Crippen LogP contribution in [0.1, 0.15) is 49.4 Å². The van der Waals surface area contributed by atoms with Gasteiger partial charge in [-0.2, -0.15) is 0 Å². The Bertz CT molecular complexity index is 1700. The molecule has 3 aromatic heterocycles. The van der Waals surface area contributed by atoms with Crippen LogP contribution in [0.15, 0.2) is 60.8 Å². The Hall–Kier alpha value is -4.44. The molecule has 5 aromatic rings. The molecule has 0 spiro atoms. The number of rotatable bonds is 6. The molecule has 40 heavy (non-hydrogen) atoms. The van der Waals surface area contributed by atoms with E-state index in [0.29, 0.717) is 12.4 Å². The van der Waals surface area contributed by atoms with Gasteiger partial charge in [-0.05, 0) is 66.6 Å². The van der Waals surface area contributed by atoms with Crippen LogP contribution in [0.2, 0.25) is 0 Å². The molecule has 0 radical (unpaired) electrons. The molecule has 2 atom stereocenters. The van der Waals surface area contributed by atoms with Crippen molar-refractivity contribution in [3.05, 3.63) is 72.4 Å². The minimum Gasteiger partial charge on any atom is -0.465 e. The number of fused-ring (bicyclic) bond motifs is 1. The molecule has 0 bridgehead atoms. The first kappa shape index (κ1) is 24.6. The maximum Gasteiger partial charge on any atom is 0.407 e. The van der Waals surface area contributed by atoms with Crippen LogP contribution in [-0.4, -0.2) is 60.4 Å². The summed E-state index contributed by atoms with van der Waals surface area (Å²) in [5.74, 6) is 1.56. The highest BCUT2D eigenvalue weighted by Gasteiger charge is 2.32. The number of benzene rings is 2. The summed E-state index contributed by atoms with van der Waals surface area (Å²) < 4.78 is 0. The molecule has 5 heterocycles. The number of aromatic amines is 2. The average Bonchev–Trinajstić information content (AvgIpc) is 3.80. The highest BCUT2D eigenvalue weighted by Crippen LogP contribution is 2.37. The number of likely N-dealkylation sites (tertiary alicyclic amines) is 2. The Kier molecular flexibility index (Phi) is 6.11. The third-order valence-electron chi connectivity index (χ3n) is 8.03. The van der Waals surface area contributed by atoms with Crippen molar-refractivity contribution in [1.82, 2.24) is 29.7 Å². The molecule has 2 aliphatic heterocycles. The van der Waals surface area contributed by atoms with Crippen LogP contribution in [0.25, 0.3) is 43.2 Å². The first-order chi connectivity index (χ1) is 19.6. The topological polar surface area (TPSA) is 118 Å². The van der Waals surface area contributed by atoms with E-state index in [1.165, 1.54) is 9.78 Å². The van der Waals surface area contributed by atoms with Crippen molar-refractivity contribution < 1.29 is 14.7 Å². The molecule has 0 saturated carbocycles. The smallest absolute Gasteiger partial charge is 0.407 e. The number of carbonyl (C=O) groups excluding carboxylic acids is 1. The van der Waals surface area contributed by atoms with Gasteiger partial charge in [-0.15, -0.1) is 11.3 Å². The van der Waals surface area contributed by atoms with Crippen LogP contribution < -0.4 is 0 Å². The normalized spacial score (nSPS) is 19.1. The quantitative estimate of drug-likeness (QED) is 0.209. The fourth-order valence-corrected chi connectivity index (χ4v) is 6.95. The second-order valence-electron chi connectivity index (χ2n) is 10.4. The number of hydrogen-bond acceptors (Lipinski definition) is 5. The summed E-state index contributed by atoms with van der Waals surface area (Å²) >= 11 is 1.73. The predicted octanol–water partition coefficient (Wildman–Crippen LogP) is 6.46. The molecule has 0 aliphatic carbocycles. The van der Waals surface area contributed by atoms with E-state index < -0.39 is 6.09 Å². The molecule has 2 unspecified atom stereocenters. The number of H-pyrrole nitrogens is 2. The van der Waals surface area contributed by atoms with Crippen molar-refractivity contribution in [2.45, 2.75) is 37.8 Å². The van der Waals surface area contributed by atoms with Crippen molar-refractivity contribution in [3.8, 4) is 32.1 Å². The van der Waals surface area contributed by atoms with Gasteiger partial charge in [-0.1, -0.05) is 30.3 Å².